The standard InChI is InChI=1S/C21H28N2O3/c1-3-26-20(25)21(10-12-22-13-11-21)9-4-14-23-18-15-16(2)5-6-17(18)7-8-19(23)24/h5-8,15,22H,3-4,9-14H2,1-2H3. The fourth-order valence-corrected chi connectivity index (χ4v) is 3.95. The lowest BCUT2D eigenvalue weighted by atomic mass is 9.75. The van der Waals surface area contributed by atoms with Crippen LogP contribution in [0.15, 0.2) is 35.1 Å². The maximum atomic E-state index is 12.6. The number of carbonyl (C=O) groups is 1. The molecule has 140 valence electrons. The number of ether oxygens (including phenoxy) is 1. The zero-order valence-corrected chi connectivity index (χ0v) is 15.7. The average Bonchev–Trinajstić information content (AvgIpc) is 2.64. The molecule has 2 heterocycles. The number of carbonyl (C=O) groups excluding carboxylic acids is 1. The Balaban J connectivity index is 1.79. The van der Waals surface area contributed by atoms with Gasteiger partial charge in [0.05, 0.1) is 17.5 Å². The maximum absolute atomic E-state index is 12.6. The molecule has 0 spiro atoms. The second-order valence-corrected chi connectivity index (χ2v) is 7.24. The molecule has 1 aromatic carbocycles. The highest BCUT2D eigenvalue weighted by molar-refractivity contribution is 5.79. The number of hydrogen-bond donors (Lipinski definition) is 1. The molecule has 1 fully saturated rings. The Hall–Kier alpha value is -2.14. The quantitative estimate of drug-likeness (QED) is 0.808. The van der Waals surface area contributed by atoms with Gasteiger partial charge in [-0.05, 0) is 75.7 Å². The van der Waals surface area contributed by atoms with Crippen LogP contribution in [0.5, 0.6) is 0 Å². The van der Waals surface area contributed by atoms with Gasteiger partial charge in [-0.2, -0.15) is 0 Å². The Bertz CT molecular complexity index is 835. The minimum atomic E-state index is -0.411. The highest BCUT2D eigenvalue weighted by Crippen LogP contribution is 2.35. The van der Waals surface area contributed by atoms with Gasteiger partial charge in [-0.15, -0.1) is 0 Å². The fourth-order valence-electron chi connectivity index (χ4n) is 3.95. The van der Waals surface area contributed by atoms with Crippen LogP contribution in [-0.2, 0) is 16.1 Å². The number of fused-ring (bicyclic) bond motifs is 1. The number of esters is 1. The first kappa shape index (κ1) is 18.6. The first-order valence-electron chi connectivity index (χ1n) is 9.54. The molecule has 0 bridgehead atoms. The van der Waals surface area contributed by atoms with E-state index < -0.39 is 5.41 Å². The lowest BCUT2D eigenvalue weighted by Gasteiger charge is -2.35. The molecule has 0 aliphatic carbocycles. The molecule has 1 saturated heterocycles. The van der Waals surface area contributed by atoms with E-state index in [1.165, 1.54) is 0 Å². The topological polar surface area (TPSA) is 60.3 Å². The Labute approximate surface area is 154 Å². The van der Waals surface area contributed by atoms with E-state index >= 15 is 0 Å². The summed E-state index contributed by atoms with van der Waals surface area (Å²) in [5.74, 6) is -0.0809. The van der Waals surface area contributed by atoms with Crippen molar-refractivity contribution in [3.63, 3.8) is 0 Å². The number of benzene rings is 1. The summed E-state index contributed by atoms with van der Waals surface area (Å²) in [6.07, 6.45) is 3.14. The minimum Gasteiger partial charge on any atom is -0.466 e. The molecular formula is C21H28N2O3. The number of piperidine rings is 1. The zero-order valence-electron chi connectivity index (χ0n) is 15.7. The first-order chi connectivity index (χ1) is 12.6. The molecule has 5 heteroatoms. The van der Waals surface area contributed by atoms with Crippen molar-refractivity contribution in [2.45, 2.75) is 46.1 Å². The van der Waals surface area contributed by atoms with Gasteiger partial charge in [0.1, 0.15) is 0 Å². The molecular weight excluding hydrogens is 328 g/mol. The van der Waals surface area contributed by atoms with Crippen molar-refractivity contribution in [2.75, 3.05) is 19.7 Å². The van der Waals surface area contributed by atoms with Gasteiger partial charge in [0, 0.05) is 12.6 Å². The van der Waals surface area contributed by atoms with E-state index in [0.29, 0.717) is 13.2 Å². The summed E-state index contributed by atoms with van der Waals surface area (Å²) in [7, 11) is 0. The third kappa shape index (κ3) is 3.83. The molecule has 1 N–H and O–H groups in total. The molecule has 1 aliphatic rings. The smallest absolute Gasteiger partial charge is 0.312 e. The summed E-state index contributed by atoms with van der Waals surface area (Å²) >= 11 is 0. The van der Waals surface area contributed by atoms with Crippen LogP contribution < -0.4 is 10.9 Å². The van der Waals surface area contributed by atoms with Crippen LogP contribution >= 0.6 is 0 Å². The first-order valence-corrected chi connectivity index (χ1v) is 9.54. The minimum absolute atomic E-state index is 0.0126. The van der Waals surface area contributed by atoms with Crippen molar-refractivity contribution in [3.8, 4) is 0 Å². The SMILES string of the molecule is CCOC(=O)C1(CCCn2c(=O)ccc3ccc(C)cc32)CCNCC1. The van der Waals surface area contributed by atoms with E-state index in [1.54, 1.807) is 6.07 Å². The van der Waals surface area contributed by atoms with Crippen LogP contribution in [0.2, 0.25) is 0 Å². The van der Waals surface area contributed by atoms with Crippen molar-refractivity contribution in [1.29, 1.82) is 0 Å². The molecule has 5 nitrogen and oxygen atoms in total. The van der Waals surface area contributed by atoms with E-state index in [0.717, 1.165) is 55.2 Å². The molecule has 0 atom stereocenters. The lowest BCUT2D eigenvalue weighted by Crippen LogP contribution is -2.43. The second kappa shape index (κ2) is 8.04. The third-order valence-corrected chi connectivity index (χ3v) is 5.45. The maximum Gasteiger partial charge on any atom is 0.312 e. The van der Waals surface area contributed by atoms with Crippen molar-refractivity contribution in [2.24, 2.45) is 5.41 Å². The summed E-state index contributed by atoms with van der Waals surface area (Å²) in [5.41, 5.74) is 1.70. The van der Waals surface area contributed by atoms with Gasteiger partial charge in [0.2, 0.25) is 0 Å². The third-order valence-electron chi connectivity index (χ3n) is 5.45. The monoisotopic (exact) mass is 356 g/mol. The molecule has 0 saturated carbocycles. The number of nitrogens with zero attached hydrogens (tertiary/aromatic N) is 1. The second-order valence-electron chi connectivity index (χ2n) is 7.24. The molecule has 0 amide bonds. The van der Waals surface area contributed by atoms with Crippen LogP contribution in [0.25, 0.3) is 10.9 Å². The summed E-state index contributed by atoms with van der Waals surface area (Å²) in [6, 6.07) is 9.67. The average molecular weight is 356 g/mol. The number of hydrogen-bond acceptors (Lipinski definition) is 4. The van der Waals surface area contributed by atoms with Crippen LogP contribution in [0.3, 0.4) is 0 Å². The largest absolute Gasteiger partial charge is 0.466 e. The molecule has 1 aromatic heterocycles. The van der Waals surface area contributed by atoms with Crippen LogP contribution in [-0.4, -0.2) is 30.2 Å². The molecule has 1 aliphatic heterocycles. The van der Waals surface area contributed by atoms with Crippen molar-refractivity contribution in [1.82, 2.24) is 9.88 Å². The van der Waals surface area contributed by atoms with E-state index in [1.807, 2.05) is 30.5 Å². The van der Waals surface area contributed by atoms with Crippen molar-refractivity contribution >= 4 is 16.9 Å². The van der Waals surface area contributed by atoms with Gasteiger partial charge < -0.3 is 14.6 Å². The predicted octanol–water partition coefficient (Wildman–Crippen LogP) is 3.02. The number of pyridine rings is 1. The van der Waals surface area contributed by atoms with Gasteiger partial charge in [-0.3, -0.25) is 9.59 Å². The van der Waals surface area contributed by atoms with Gasteiger partial charge in [-0.25, -0.2) is 0 Å². The summed E-state index contributed by atoms with van der Waals surface area (Å²) in [4.78, 5) is 25.0. The van der Waals surface area contributed by atoms with Crippen LogP contribution in [0.4, 0.5) is 0 Å². The van der Waals surface area contributed by atoms with Gasteiger partial charge in [0.25, 0.3) is 5.56 Å². The molecule has 2 aromatic rings. The Kier molecular flexibility index (Phi) is 5.77. The van der Waals surface area contributed by atoms with Gasteiger partial charge in [-0.1, -0.05) is 12.1 Å². The predicted molar refractivity (Wildman–Crippen MR) is 103 cm³/mol. The lowest BCUT2D eigenvalue weighted by molar-refractivity contribution is -0.157. The van der Waals surface area contributed by atoms with E-state index in [9.17, 15) is 9.59 Å². The molecule has 26 heavy (non-hydrogen) atoms. The highest BCUT2D eigenvalue weighted by atomic mass is 16.5. The zero-order chi connectivity index (χ0) is 18.6. The molecule has 3 rings (SSSR count). The highest BCUT2D eigenvalue weighted by Gasteiger charge is 2.40. The van der Waals surface area contributed by atoms with E-state index in [2.05, 4.69) is 17.4 Å². The summed E-state index contributed by atoms with van der Waals surface area (Å²) < 4.78 is 7.20. The molecule has 0 radical (unpaired) electrons. The number of nitrogens with one attached hydrogen (secondary N) is 1. The summed E-state index contributed by atoms with van der Waals surface area (Å²) in [5, 5.41) is 4.39. The van der Waals surface area contributed by atoms with Crippen molar-refractivity contribution in [3.05, 3.63) is 46.2 Å². The fraction of sp³-hybridized carbons (Fsp3) is 0.524. The van der Waals surface area contributed by atoms with Crippen LogP contribution in [0.1, 0.15) is 38.2 Å². The Morgan fingerprint density at radius 1 is 1.23 bits per heavy atom. The van der Waals surface area contributed by atoms with Gasteiger partial charge in [0.15, 0.2) is 0 Å². The van der Waals surface area contributed by atoms with Crippen molar-refractivity contribution < 1.29 is 9.53 Å². The number of aromatic nitrogens is 1. The number of rotatable bonds is 6. The molecule has 0 unspecified atom stereocenters. The van der Waals surface area contributed by atoms with E-state index in [4.69, 9.17) is 4.74 Å². The summed E-state index contributed by atoms with van der Waals surface area (Å²) in [6.45, 7) is 6.60. The van der Waals surface area contributed by atoms with Crippen LogP contribution in [0, 0.1) is 12.3 Å². The Morgan fingerprint density at radius 3 is 2.69 bits per heavy atom. The van der Waals surface area contributed by atoms with Gasteiger partial charge >= 0.3 is 5.97 Å². The Morgan fingerprint density at radius 2 is 1.96 bits per heavy atom. The van der Waals surface area contributed by atoms with E-state index in [-0.39, 0.29) is 11.5 Å². The normalized spacial score (nSPS) is 16.5. The number of aryl methyl sites for hydroxylation is 2.